The number of amides is 2. The molecule has 2 aromatic rings. The molecule has 0 saturated carbocycles. The summed E-state index contributed by atoms with van der Waals surface area (Å²) in [6.45, 7) is 3.25. The van der Waals surface area contributed by atoms with Crippen LogP contribution < -0.4 is 15.4 Å². The molecule has 0 aromatic heterocycles. The van der Waals surface area contributed by atoms with Gasteiger partial charge in [0.25, 0.3) is 0 Å². The van der Waals surface area contributed by atoms with Crippen LogP contribution in [0.15, 0.2) is 48.5 Å². The summed E-state index contributed by atoms with van der Waals surface area (Å²) < 4.78 is 5.41. The number of likely N-dealkylation sites (N-methyl/N-ethyl adjacent to an activating group) is 1. The topological polar surface area (TPSA) is 70.7 Å². The Balaban J connectivity index is 1.68. The van der Waals surface area contributed by atoms with Crippen LogP contribution >= 0.6 is 0 Å². The number of hydrogen-bond donors (Lipinski definition) is 2. The van der Waals surface area contributed by atoms with Gasteiger partial charge in [0, 0.05) is 19.3 Å². The molecule has 0 aliphatic carbocycles. The van der Waals surface area contributed by atoms with Gasteiger partial charge in [0.05, 0.1) is 19.2 Å². The van der Waals surface area contributed by atoms with Gasteiger partial charge in [-0.05, 0) is 48.7 Å². The molecule has 1 atom stereocenters. The minimum absolute atomic E-state index is 0.0710. The molecule has 2 amide bonds. The summed E-state index contributed by atoms with van der Waals surface area (Å²) in [5, 5.41) is 5.60. The molecule has 0 fully saturated rings. The van der Waals surface area contributed by atoms with Crippen LogP contribution in [0.25, 0.3) is 0 Å². The Kier molecular flexibility index (Phi) is 6.08. The molecule has 142 valence electrons. The lowest BCUT2D eigenvalue weighted by Crippen LogP contribution is -2.51. The van der Waals surface area contributed by atoms with E-state index >= 15 is 0 Å². The van der Waals surface area contributed by atoms with E-state index in [1.54, 1.807) is 7.05 Å². The Bertz CT molecular complexity index is 805. The van der Waals surface area contributed by atoms with Crippen molar-refractivity contribution in [2.45, 2.75) is 25.9 Å². The van der Waals surface area contributed by atoms with Crippen molar-refractivity contribution < 1.29 is 14.3 Å². The van der Waals surface area contributed by atoms with E-state index in [1.807, 2.05) is 60.4 Å². The molecular weight excluding hydrogens is 342 g/mol. The number of carbonyl (C=O) groups excluding carboxylic acids is 2. The average molecular weight is 367 g/mol. The minimum Gasteiger partial charge on any atom is -0.494 e. The van der Waals surface area contributed by atoms with Crippen LogP contribution in [0.1, 0.15) is 18.1 Å². The highest BCUT2D eigenvalue weighted by Gasteiger charge is 2.31. The minimum atomic E-state index is -0.351. The maximum Gasteiger partial charge on any atom is 0.238 e. The first kappa shape index (κ1) is 18.9. The number of carbonyl (C=O) groups is 2. The predicted molar refractivity (Wildman–Crippen MR) is 105 cm³/mol. The molecule has 0 bridgehead atoms. The number of rotatable bonds is 6. The van der Waals surface area contributed by atoms with Crippen molar-refractivity contribution in [2.75, 3.05) is 25.5 Å². The second-order valence-electron chi connectivity index (χ2n) is 6.51. The van der Waals surface area contributed by atoms with Crippen molar-refractivity contribution in [3.05, 3.63) is 59.7 Å². The van der Waals surface area contributed by atoms with Gasteiger partial charge < -0.3 is 15.4 Å². The maximum absolute atomic E-state index is 12.5. The molecule has 0 spiro atoms. The van der Waals surface area contributed by atoms with E-state index in [9.17, 15) is 9.59 Å². The van der Waals surface area contributed by atoms with E-state index in [1.165, 1.54) is 0 Å². The first-order valence-electron chi connectivity index (χ1n) is 9.16. The van der Waals surface area contributed by atoms with Gasteiger partial charge >= 0.3 is 0 Å². The summed E-state index contributed by atoms with van der Waals surface area (Å²) in [5.74, 6) is 0.550. The number of ether oxygens (including phenoxy) is 1. The van der Waals surface area contributed by atoms with Gasteiger partial charge in [0.15, 0.2) is 0 Å². The molecule has 1 heterocycles. The fourth-order valence-electron chi connectivity index (χ4n) is 3.35. The second-order valence-corrected chi connectivity index (χ2v) is 6.51. The van der Waals surface area contributed by atoms with Gasteiger partial charge in [-0.3, -0.25) is 14.5 Å². The van der Waals surface area contributed by atoms with E-state index < -0.39 is 0 Å². The van der Waals surface area contributed by atoms with Crippen molar-refractivity contribution in [1.82, 2.24) is 10.2 Å². The number of nitrogens with one attached hydrogen (secondary N) is 2. The summed E-state index contributed by atoms with van der Waals surface area (Å²) in [5.41, 5.74) is 3.03. The average Bonchev–Trinajstić information content (AvgIpc) is 2.68. The molecule has 1 aliphatic rings. The van der Waals surface area contributed by atoms with E-state index in [2.05, 4.69) is 10.6 Å². The van der Waals surface area contributed by atoms with Crippen LogP contribution in [0.2, 0.25) is 0 Å². The zero-order chi connectivity index (χ0) is 19.2. The molecule has 0 saturated heterocycles. The molecular formula is C21H25N3O3. The van der Waals surface area contributed by atoms with Crippen molar-refractivity contribution in [1.29, 1.82) is 0 Å². The van der Waals surface area contributed by atoms with Crippen LogP contribution in [0.5, 0.6) is 5.75 Å². The molecule has 1 unspecified atom stereocenters. The second kappa shape index (κ2) is 8.68. The van der Waals surface area contributed by atoms with Crippen LogP contribution in [-0.4, -0.2) is 43.0 Å². The molecule has 27 heavy (non-hydrogen) atoms. The smallest absolute Gasteiger partial charge is 0.238 e. The number of fused-ring (bicyclic) bond motifs is 1. The Labute approximate surface area is 159 Å². The first-order valence-corrected chi connectivity index (χ1v) is 9.16. The lowest BCUT2D eigenvalue weighted by molar-refractivity contribution is -0.128. The molecule has 2 aromatic carbocycles. The Morgan fingerprint density at radius 1 is 1.11 bits per heavy atom. The fourth-order valence-corrected chi connectivity index (χ4v) is 3.35. The number of anilines is 1. The number of benzene rings is 2. The molecule has 6 nitrogen and oxygen atoms in total. The summed E-state index contributed by atoms with van der Waals surface area (Å²) in [7, 11) is 1.63. The number of hydrogen-bond acceptors (Lipinski definition) is 4. The monoisotopic (exact) mass is 367 g/mol. The van der Waals surface area contributed by atoms with Crippen LogP contribution in [0.4, 0.5) is 5.69 Å². The lowest BCUT2D eigenvalue weighted by atomic mass is 9.93. The predicted octanol–water partition coefficient (Wildman–Crippen LogP) is 2.20. The van der Waals surface area contributed by atoms with Gasteiger partial charge in [0.2, 0.25) is 11.8 Å². The third kappa shape index (κ3) is 4.65. The lowest BCUT2D eigenvalue weighted by Gasteiger charge is -2.35. The van der Waals surface area contributed by atoms with Crippen molar-refractivity contribution in [3.8, 4) is 5.75 Å². The van der Waals surface area contributed by atoms with Gasteiger partial charge in [-0.15, -0.1) is 0 Å². The summed E-state index contributed by atoms with van der Waals surface area (Å²) in [6, 6.07) is 15.0. The van der Waals surface area contributed by atoms with Gasteiger partial charge in [0.1, 0.15) is 5.75 Å². The van der Waals surface area contributed by atoms with E-state index in [0.717, 1.165) is 16.9 Å². The van der Waals surface area contributed by atoms with Crippen molar-refractivity contribution in [3.63, 3.8) is 0 Å². The normalized spacial score (nSPS) is 16.3. The highest BCUT2D eigenvalue weighted by atomic mass is 16.5. The molecule has 2 N–H and O–H groups in total. The standard InChI is InChI=1S/C21H25N3O3/c1-3-27-18-10-8-17(9-11-18)23-20(25)14-24-13-16-7-5-4-6-15(16)12-19(24)21(26)22-2/h4-11,19H,3,12-14H2,1-2H3,(H,22,26)(H,23,25). The highest BCUT2D eigenvalue weighted by molar-refractivity contribution is 5.93. The van der Waals surface area contributed by atoms with Crippen molar-refractivity contribution >= 4 is 17.5 Å². The molecule has 3 rings (SSSR count). The summed E-state index contributed by atoms with van der Waals surface area (Å²) >= 11 is 0. The Morgan fingerprint density at radius 2 is 1.81 bits per heavy atom. The van der Waals surface area contributed by atoms with Gasteiger partial charge in [-0.2, -0.15) is 0 Å². The highest BCUT2D eigenvalue weighted by Crippen LogP contribution is 2.23. The summed E-state index contributed by atoms with van der Waals surface area (Å²) in [6.07, 6.45) is 0.603. The van der Waals surface area contributed by atoms with E-state index in [4.69, 9.17) is 4.74 Å². The van der Waals surface area contributed by atoms with E-state index in [-0.39, 0.29) is 24.4 Å². The maximum atomic E-state index is 12.5. The fraction of sp³-hybridized carbons (Fsp3) is 0.333. The SMILES string of the molecule is CCOc1ccc(NC(=O)CN2Cc3ccccc3CC2C(=O)NC)cc1. The molecule has 6 heteroatoms. The third-order valence-corrected chi connectivity index (χ3v) is 4.69. The largest absolute Gasteiger partial charge is 0.494 e. The van der Waals surface area contributed by atoms with Crippen molar-refractivity contribution in [2.24, 2.45) is 0 Å². The first-order chi connectivity index (χ1) is 13.1. The zero-order valence-corrected chi connectivity index (χ0v) is 15.7. The molecule has 0 radical (unpaired) electrons. The Morgan fingerprint density at radius 3 is 2.48 bits per heavy atom. The number of nitrogens with zero attached hydrogens (tertiary/aromatic N) is 1. The quantitative estimate of drug-likeness (QED) is 0.821. The van der Waals surface area contributed by atoms with Crippen LogP contribution in [-0.2, 0) is 22.6 Å². The zero-order valence-electron chi connectivity index (χ0n) is 15.7. The summed E-state index contributed by atoms with van der Waals surface area (Å²) in [4.78, 5) is 26.8. The molecule has 1 aliphatic heterocycles. The van der Waals surface area contributed by atoms with E-state index in [0.29, 0.717) is 25.3 Å². The third-order valence-electron chi connectivity index (χ3n) is 4.69. The van der Waals surface area contributed by atoms with Gasteiger partial charge in [-0.1, -0.05) is 24.3 Å². The Hall–Kier alpha value is -2.86. The van der Waals surface area contributed by atoms with Crippen LogP contribution in [0, 0.1) is 0 Å². The van der Waals surface area contributed by atoms with Crippen LogP contribution in [0.3, 0.4) is 0 Å². The van der Waals surface area contributed by atoms with Gasteiger partial charge in [-0.25, -0.2) is 0 Å².